The maximum atomic E-state index is 13.9. The second-order valence-electron chi connectivity index (χ2n) is 10.6. The van der Waals surface area contributed by atoms with Crippen LogP contribution in [0.2, 0.25) is 5.02 Å². The van der Waals surface area contributed by atoms with Gasteiger partial charge in [-0.1, -0.05) is 61.3 Å². The van der Waals surface area contributed by atoms with Gasteiger partial charge in [0.15, 0.2) is 0 Å². The van der Waals surface area contributed by atoms with Gasteiger partial charge < -0.3 is 15.0 Å². The third-order valence-electron chi connectivity index (χ3n) is 7.53. The molecule has 1 aliphatic rings. The fraction of sp³-hybridized carbons (Fsp3) is 0.394. The van der Waals surface area contributed by atoms with Gasteiger partial charge in [-0.05, 0) is 68.9 Å². The molecule has 0 radical (unpaired) electrons. The Bertz CT molecular complexity index is 1370. The minimum absolute atomic E-state index is 0.129. The van der Waals surface area contributed by atoms with Crippen molar-refractivity contribution < 1.29 is 9.13 Å². The summed E-state index contributed by atoms with van der Waals surface area (Å²) in [4.78, 5) is 10.8. The number of aromatic nitrogens is 2. The molecule has 0 atom stereocenters. The van der Waals surface area contributed by atoms with Crippen LogP contribution in [0, 0.1) is 18.7 Å². The molecule has 1 N–H and O–H groups in total. The average Bonchev–Trinajstić information content (AvgIpc) is 2.96. The average molecular weight is 563 g/mol. The Morgan fingerprint density at radius 2 is 1.68 bits per heavy atom. The topological polar surface area (TPSA) is 50.3 Å². The third-order valence-corrected chi connectivity index (χ3v) is 7.88. The summed E-state index contributed by atoms with van der Waals surface area (Å²) >= 11 is 6.09. The van der Waals surface area contributed by atoms with E-state index >= 15 is 0 Å². The molecule has 40 heavy (non-hydrogen) atoms. The lowest BCUT2D eigenvalue weighted by molar-refractivity contribution is 0.278. The molecule has 5 nitrogen and oxygen atoms in total. The van der Waals surface area contributed by atoms with E-state index in [0.29, 0.717) is 16.6 Å². The lowest BCUT2D eigenvalue weighted by Crippen LogP contribution is -2.32. The largest absolute Gasteiger partial charge is 0.488 e. The summed E-state index contributed by atoms with van der Waals surface area (Å²) in [7, 11) is 3.99. The van der Waals surface area contributed by atoms with Crippen LogP contribution in [0.4, 0.5) is 10.2 Å². The fourth-order valence-electron chi connectivity index (χ4n) is 5.15. The second-order valence-corrected chi connectivity index (χ2v) is 11.0. The van der Waals surface area contributed by atoms with Gasteiger partial charge in [-0.25, -0.2) is 14.4 Å². The highest BCUT2D eigenvalue weighted by atomic mass is 35.5. The van der Waals surface area contributed by atoms with Gasteiger partial charge in [0.2, 0.25) is 0 Å². The molecule has 0 amide bonds. The Labute approximate surface area is 242 Å². The van der Waals surface area contributed by atoms with Gasteiger partial charge in [0.25, 0.3) is 0 Å². The molecule has 0 aliphatic heterocycles. The summed E-state index contributed by atoms with van der Waals surface area (Å²) in [6.45, 7) is 5.10. The molecular weight excluding hydrogens is 523 g/mol. The van der Waals surface area contributed by atoms with Gasteiger partial charge in [0, 0.05) is 43.2 Å². The van der Waals surface area contributed by atoms with E-state index in [1.54, 1.807) is 12.1 Å². The molecule has 1 aliphatic carbocycles. The van der Waals surface area contributed by atoms with Crippen molar-refractivity contribution >= 4 is 28.3 Å². The number of fused-ring (bicyclic) bond motifs is 1. The Morgan fingerprint density at radius 3 is 2.40 bits per heavy atom. The molecule has 0 bridgehead atoms. The number of benzene rings is 3. The van der Waals surface area contributed by atoms with E-state index < -0.39 is 0 Å². The van der Waals surface area contributed by atoms with E-state index in [9.17, 15) is 4.39 Å². The number of aryl methyl sites for hydroxylation is 1. The van der Waals surface area contributed by atoms with Crippen molar-refractivity contribution in [1.29, 1.82) is 0 Å². The van der Waals surface area contributed by atoms with E-state index in [0.717, 1.165) is 46.3 Å². The van der Waals surface area contributed by atoms with E-state index in [-0.39, 0.29) is 12.4 Å². The van der Waals surface area contributed by atoms with Crippen molar-refractivity contribution in [2.75, 3.05) is 19.0 Å². The molecule has 1 fully saturated rings. The highest BCUT2D eigenvalue weighted by Gasteiger charge is 2.20. The van der Waals surface area contributed by atoms with E-state index in [1.807, 2.05) is 68.4 Å². The maximum absolute atomic E-state index is 13.9. The van der Waals surface area contributed by atoms with Crippen LogP contribution in [0.25, 0.3) is 10.9 Å². The molecule has 212 valence electrons. The smallest absolute Gasteiger partial charge is 0.139 e. The minimum atomic E-state index is -0.333. The number of nitrogens with one attached hydrogen (secondary N) is 1. The van der Waals surface area contributed by atoms with Gasteiger partial charge in [-0.3, -0.25) is 0 Å². The van der Waals surface area contributed by atoms with Crippen molar-refractivity contribution in [2.45, 2.75) is 65.1 Å². The summed E-state index contributed by atoms with van der Waals surface area (Å²) in [6, 6.07) is 21.3. The minimum Gasteiger partial charge on any atom is -0.488 e. The molecule has 0 unspecified atom stereocenters. The van der Waals surface area contributed by atoms with Crippen molar-refractivity contribution in [1.82, 2.24) is 15.3 Å². The predicted octanol–water partition coefficient (Wildman–Crippen LogP) is 8.12. The van der Waals surface area contributed by atoms with Crippen LogP contribution in [-0.2, 0) is 13.2 Å². The summed E-state index contributed by atoms with van der Waals surface area (Å²) in [5.74, 6) is 3.14. The van der Waals surface area contributed by atoms with Crippen molar-refractivity contribution in [2.24, 2.45) is 5.92 Å². The first-order chi connectivity index (χ1) is 19.4. The van der Waals surface area contributed by atoms with Crippen LogP contribution in [0.3, 0.4) is 0 Å². The molecule has 1 heterocycles. The molecule has 0 saturated heterocycles. The molecule has 7 heteroatoms. The number of anilines is 1. The number of ether oxygens (including phenoxy) is 1. The highest BCUT2D eigenvalue weighted by Crippen LogP contribution is 2.28. The van der Waals surface area contributed by atoms with Crippen molar-refractivity contribution in [3.63, 3.8) is 0 Å². The Kier molecular flexibility index (Phi) is 10.7. The Morgan fingerprint density at radius 1 is 0.950 bits per heavy atom. The lowest BCUT2D eigenvalue weighted by atomic mass is 9.84. The quantitative estimate of drug-likeness (QED) is 0.235. The normalized spacial score (nSPS) is 16.8. The molecule has 0 spiro atoms. The zero-order valence-corrected chi connectivity index (χ0v) is 24.7. The number of hydrogen-bond acceptors (Lipinski definition) is 5. The first kappa shape index (κ1) is 29.8. The van der Waals surface area contributed by atoms with Gasteiger partial charge in [0.1, 0.15) is 29.8 Å². The standard InChI is InChI=1S/C22H27ClFNO.C11H13N3/c1-2-16-10-12-18(13-11-16)25-14-17-6-3-4-9-22(17)26-15-19-20(23)7-5-8-21(19)24;1-8-12-10-7-5-4-6-9(10)11(13-8)14(2)3/h3-9,16,18,25H,2,10-15H2,1H3;4-7H,1-3H3. The van der Waals surface area contributed by atoms with Gasteiger partial charge in [0.05, 0.1) is 10.5 Å². The number of halogens is 2. The Hall–Kier alpha value is -3.22. The first-order valence-electron chi connectivity index (χ1n) is 14.1. The van der Waals surface area contributed by atoms with Crippen LogP contribution in [-0.4, -0.2) is 30.1 Å². The van der Waals surface area contributed by atoms with E-state index in [4.69, 9.17) is 16.3 Å². The molecule has 5 rings (SSSR count). The van der Waals surface area contributed by atoms with Crippen LogP contribution in [0.15, 0.2) is 66.7 Å². The van der Waals surface area contributed by atoms with Crippen LogP contribution in [0.1, 0.15) is 56.0 Å². The van der Waals surface area contributed by atoms with Gasteiger partial charge >= 0.3 is 0 Å². The highest BCUT2D eigenvalue weighted by molar-refractivity contribution is 6.31. The molecular formula is C33H40ClFN4O. The summed E-state index contributed by atoms with van der Waals surface area (Å²) in [5, 5.41) is 5.16. The second kappa shape index (κ2) is 14.4. The monoisotopic (exact) mass is 562 g/mol. The first-order valence-corrected chi connectivity index (χ1v) is 14.5. The molecule has 3 aromatic carbocycles. The lowest BCUT2D eigenvalue weighted by Gasteiger charge is -2.28. The Balaban J connectivity index is 0.000000222. The summed E-state index contributed by atoms with van der Waals surface area (Å²) < 4.78 is 19.8. The number of nitrogens with zero attached hydrogens (tertiary/aromatic N) is 3. The van der Waals surface area contributed by atoms with Crippen LogP contribution >= 0.6 is 11.6 Å². The zero-order valence-electron chi connectivity index (χ0n) is 24.0. The molecule has 1 aromatic heterocycles. The predicted molar refractivity (Wildman–Crippen MR) is 164 cm³/mol. The van der Waals surface area contributed by atoms with Crippen molar-refractivity contribution in [3.8, 4) is 5.75 Å². The van der Waals surface area contributed by atoms with E-state index in [2.05, 4.69) is 28.3 Å². The molecule has 4 aromatic rings. The third kappa shape index (κ3) is 7.92. The maximum Gasteiger partial charge on any atom is 0.139 e. The van der Waals surface area contributed by atoms with Crippen LogP contribution in [0.5, 0.6) is 5.75 Å². The fourth-order valence-corrected chi connectivity index (χ4v) is 5.37. The number of para-hydroxylation sites is 2. The van der Waals surface area contributed by atoms with Crippen LogP contribution < -0.4 is 15.0 Å². The summed E-state index contributed by atoms with van der Waals surface area (Å²) in [6.07, 6.45) is 6.41. The van der Waals surface area contributed by atoms with E-state index in [1.165, 1.54) is 38.2 Å². The molecule has 1 saturated carbocycles. The number of rotatable bonds is 8. The summed E-state index contributed by atoms with van der Waals surface area (Å²) in [5.41, 5.74) is 2.50. The van der Waals surface area contributed by atoms with Gasteiger partial charge in [-0.15, -0.1) is 0 Å². The zero-order chi connectivity index (χ0) is 28.5. The van der Waals surface area contributed by atoms with Gasteiger partial charge in [-0.2, -0.15) is 0 Å². The number of hydrogen-bond donors (Lipinski definition) is 1. The van der Waals surface area contributed by atoms with Crippen molar-refractivity contribution in [3.05, 3.63) is 94.5 Å². The SMILES string of the molecule is CCC1CCC(NCc2ccccc2OCc2c(F)cccc2Cl)CC1.Cc1nc(N(C)C)c2ccccc2n1.